The summed E-state index contributed by atoms with van der Waals surface area (Å²) in [6, 6.07) is 3.19. The van der Waals surface area contributed by atoms with Gasteiger partial charge in [-0.2, -0.15) is 4.99 Å². The molecule has 1 aliphatic heterocycles. The van der Waals surface area contributed by atoms with Gasteiger partial charge >= 0.3 is 0 Å². The van der Waals surface area contributed by atoms with Crippen molar-refractivity contribution in [1.82, 2.24) is 5.32 Å². The first-order valence-electron chi connectivity index (χ1n) is 6.26. The van der Waals surface area contributed by atoms with Gasteiger partial charge in [0.05, 0.1) is 15.0 Å². The smallest absolute Gasteiger partial charge is 0.286 e. The number of ether oxygens (including phenoxy) is 1. The number of thioether (sulfide) groups is 1. The van der Waals surface area contributed by atoms with Gasteiger partial charge < -0.3 is 10.1 Å². The maximum Gasteiger partial charge on any atom is 0.286 e. The highest BCUT2D eigenvalue weighted by Crippen LogP contribution is 2.36. The van der Waals surface area contributed by atoms with Crippen LogP contribution in [-0.4, -0.2) is 23.6 Å². The summed E-state index contributed by atoms with van der Waals surface area (Å²) in [5.74, 6) is 1.86. The Morgan fingerprint density at radius 2 is 2.13 bits per heavy atom. The van der Waals surface area contributed by atoms with E-state index in [9.17, 15) is 9.59 Å². The van der Waals surface area contributed by atoms with Crippen LogP contribution in [0.25, 0.3) is 6.08 Å². The van der Waals surface area contributed by atoms with Gasteiger partial charge in [-0.1, -0.05) is 29.1 Å². The number of benzene rings is 1. The number of nitrogens with zero attached hydrogens (tertiary/aromatic N) is 1. The van der Waals surface area contributed by atoms with Crippen molar-refractivity contribution in [3.8, 4) is 18.1 Å². The van der Waals surface area contributed by atoms with Crippen LogP contribution in [0.4, 0.5) is 0 Å². The van der Waals surface area contributed by atoms with Crippen LogP contribution in [-0.2, 0) is 9.59 Å². The standard InChI is InChI=1S/C15H10Cl2N2O3S/c1-3-4-22-13-10(16)5-9(6-11(13)17)7-12-14(21)19-15(23-12)18-8(2)20/h1,5-7H,4H2,2H3,(H,18,19,20,21)/b12-7+. The summed E-state index contributed by atoms with van der Waals surface area (Å²) >= 11 is 13.3. The third-order valence-electron chi connectivity index (χ3n) is 2.52. The van der Waals surface area contributed by atoms with E-state index in [2.05, 4.69) is 16.2 Å². The fourth-order valence-corrected chi connectivity index (χ4v) is 3.15. The second-order valence-corrected chi connectivity index (χ2v) is 6.17. The van der Waals surface area contributed by atoms with E-state index < -0.39 is 5.91 Å². The van der Waals surface area contributed by atoms with Crippen molar-refractivity contribution in [3.05, 3.63) is 32.6 Å². The second kappa shape index (κ2) is 7.55. The average molecular weight is 369 g/mol. The largest absolute Gasteiger partial charge is 0.478 e. The van der Waals surface area contributed by atoms with Crippen LogP contribution in [0, 0.1) is 12.3 Å². The molecular weight excluding hydrogens is 359 g/mol. The van der Waals surface area contributed by atoms with Crippen LogP contribution in [0.15, 0.2) is 22.0 Å². The van der Waals surface area contributed by atoms with E-state index in [1.165, 1.54) is 6.92 Å². The molecular formula is C15H10Cl2N2O3S. The zero-order valence-corrected chi connectivity index (χ0v) is 14.2. The van der Waals surface area contributed by atoms with Gasteiger partial charge in [0.2, 0.25) is 5.91 Å². The maximum atomic E-state index is 11.8. The Bertz CT molecular complexity index is 758. The predicted octanol–water partition coefficient (Wildman–Crippen LogP) is 3.11. The molecule has 2 rings (SSSR count). The number of rotatable bonds is 3. The van der Waals surface area contributed by atoms with Crippen molar-refractivity contribution in [2.75, 3.05) is 6.61 Å². The molecule has 0 radical (unpaired) electrons. The van der Waals surface area contributed by atoms with Gasteiger partial charge in [-0.05, 0) is 35.5 Å². The molecule has 1 heterocycles. The summed E-state index contributed by atoms with van der Waals surface area (Å²) in [5.41, 5.74) is 0.600. The van der Waals surface area contributed by atoms with Gasteiger partial charge in [0.25, 0.3) is 5.91 Å². The van der Waals surface area contributed by atoms with Crippen molar-refractivity contribution in [2.24, 2.45) is 4.99 Å². The third kappa shape index (κ3) is 4.52. The zero-order chi connectivity index (χ0) is 17.0. The Morgan fingerprint density at radius 1 is 1.48 bits per heavy atom. The fourth-order valence-electron chi connectivity index (χ4n) is 1.68. The summed E-state index contributed by atoms with van der Waals surface area (Å²) in [7, 11) is 0. The Kier molecular flexibility index (Phi) is 5.72. The number of amidine groups is 1. The Labute approximate surface area is 147 Å². The lowest BCUT2D eigenvalue weighted by molar-refractivity contribution is -0.117. The lowest BCUT2D eigenvalue weighted by Gasteiger charge is -2.08. The van der Waals surface area contributed by atoms with E-state index in [4.69, 9.17) is 34.4 Å². The number of carbonyl (C=O) groups excluding carboxylic acids is 2. The molecule has 0 aliphatic carbocycles. The number of terminal acetylenes is 1. The van der Waals surface area contributed by atoms with Crippen LogP contribution >= 0.6 is 35.0 Å². The number of halogens is 2. The number of amides is 2. The van der Waals surface area contributed by atoms with E-state index in [0.29, 0.717) is 10.5 Å². The summed E-state index contributed by atoms with van der Waals surface area (Å²) in [6.45, 7) is 1.38. The van der Waals surface area contributed by atoms with Crippen LogP contribution in [0.5, 0.6) is 5.75 Å². The summed E-state index contributed by atoms with van der Waals surface area (Å²) in [4.78, 5) is 26.9. The molecule has 1 aliphatic rings. The zero-order valence-electron chi connectivity index (χ0n) is 11.9. The van der Waals surface area contributed by atoms with Crippen molar-refractivity contribution >= 4 is 58.0 Å². The first-order valence-corrected chi connectivity index (χ1v) is 7.83. The monoisotopic (exact) mass is 368 g/mol. The minimum absolute atomic E-state index is 0.0438. The lowest BCUT2D eigenvalue weighted by Crippen LogP contribution is -2.23. The van der Waals surface area contributed by atoms with Gasteiger partial charge in [-0.15, -0.1) is 6.42 Å². The molecule has 2 amide bonds. The van der Waals surface area contributed by atoms with Crippen LogP contribution < -0.4 is 10.1 Å². The highest BCUT2D eigenvalue weighted by Gasteiger charge is 2.22. The van der Waals surface area contributed by atoms with Gasteiger partial charge in [0.1, 0.15) is 6.61 Å². The van der Waals surface area contributed by atoms with Crippen molar-refractivity contribution in [2.45, 2.75) is 6.92 Å². The van der Waals surface area contributed by atoms with Crippen LogP contribution in [0.1, 0.15) is 12.5 Å². The Balaban J connectivity index is 2.23. The highest BCUT2D eigenvalue weighted by atomic mass is 35.5. The minimum atomic E-state index is -0.446. The van der Waals surface area contributed by atoms with E-state index in [-0.39, 0.29) is 33.5 Å². The Hall–Kier alpha value is -1.94. The molecule has 0 atom stereocenters. The molecule has 0 fully saturated rings. The number of aliphatic imine (C=N–C) groups is 1. The number of hydrogen-bond acceptors (Lipinski definition) is 4. The van der Waals surface area contributed by atoms with Crippen LogP contribution in [0.3, 0.4) is 0 Å². The van der Waals surface area contributed by atoms with Gasteiger partial charge in [-0.3, -0.25) is 9.59 Å². The van der Waals surface area contributed by atoms with Crippen molar-refractivity contribution in [3.63, 3.8) is 0 Å². The Morgan fingerprint density at radius 3 is 2.70 bits per heavy atom. The molecule has 1 N–H and O–H groups in total. The molecule has 0 aromatic heterocycles. The number of nitrogens with one attached hydrogen (secondary N) is 1. The molecule has 1 aromatic rings. The summed E-state index contributed by atoms with van der Waals surface area (Å²) < 4.78 is 5.26. The molecule has 0 saturated carbocycles. The molecule has 1 aromatic carbocycles. The van der Waals surface area contributed by atoms with Crippen LogP contribution in [0.2, 0.25) is 10.0 Å². The normalized spacial score (nSPS) is 15.3. The minimum Gasteiger partial charge on any atom is -0.478 e. The molecule has 0 bridgehead atoms. The molecule has 0 saturated heterocycles. The first kappa shape index (κ1) is 17.4. The first-order chi connectivity index (χ1) is 10.9. The molecule has 0 unspecified atom stereocenters. The number of hydrogen-bond donors (Lipinski definition) is 1. The van der Waals surface area contributed by atoms with E-state index in [1.807, 2.05) is 0 Å². The quantitative estimate of drug-likeness (QED) is 0.657. The van der Waals surface area contributed by atoms with Gasteiger partial charge in [0.15, 0.2) is 10.9 Å². The molecule has 5 nitrogen and oxygen atoms in total. The SMILES string of the molecule is C#CCOc1c(Cl)cc(/C=C2/SC(NC(C)=O)=NC2=O)cc1Cl. The predicted molar refractivity (Wildman–Crippen MR) is 92.6 cm³/mol. The van der Waals surface area contributed by atoms with Gasteiger partial charge in [-0.25, -0.2) is 0 Å². The van der Waals surface area contributed by atoms with E-state index in [1.54, 1.807) is 18.2 Å². The van der Waals surface area contributed by atoms with Crippen molar-refractivity contribution in [1.29, 1.82) is 0 Å². The molecule has 0 spiro atoms. The number of carbonyl (C=O) groups is 2. The highest BCUT2D eigenvalue weighted by molar-refractivity contribution is 8.18. The molecule has 23 heavy (non-hydrogen) atoms. The van der Waals surface area contributed by atoms with E-state index in [0.717, 1.165) is 11.8 Å². The fraction of sp³-hybridized carbons (Fsp3) is 0.133. The maximum absolute atomic E-state index is 11.8. The third-order valence-corrected chi connectivity index (χ3v) is 3.98. The summed E-state index contributed by atoms with van der Waals surface area (Å²) in [6.07, 6.45) is 6.70. The molecule has 8 heteroatoms. The second-order valence-electron chi connectivity index (χ2n) is 4.32. The van der Waals surface area contributed by atoms with E-state index >= 15 is 0 Å². The lowest BCUT2D eigenvalue weighted by atomic mass is 10.2. The summed E-state index contributed by atoms with van der Waals surface area (Å²) in [5, 5.41) is 3.25. The topological polar surface area (TPSA) is 67.8 Å². The van der Waals surface area contributed by atoms with Crippen molar-refractivity contribution < 1.29 is 14.3 Å². The van der Waals surface area contributed by atoms with Gasteiger partial charge in [0, 0.05) is 6.92 Å². The average Bonchev–Trinajstić information content (AvgIpc) is 2.77. The molecule has 118 valence electrons.